The number of carbonyl (C=O) groups is 1. The summed E-state index contributed by atoms with van der Waals surface area (Å²) >= 11 is 0. The van der Waals surface area contributed by atoms with Gasteiger partial charge in [0.1, 0.15) is 17.1 Å². The van der Waals surface area contributed by atoms with Crippen LogP contribution in [0, 0.1) is 13.8 Å². The van der Waals surface area contributed by atoms with Gasteiger partial charge in [0, 0.05) is 11.0 Å². The molecule has 0 spiro atoms. The molecular weight excluding hydrogens is 216 g/mol. The van der Waals surface area contributed by atoms with Crippen LogP contribution in [0.4, 0.5) is 0 Å². The third kappa shape index (κ3) is 1.57. The minimum absolute atomic E-state index is 0.197. The zero-order chi connectivity index (χ0) is 12.8. The third-order valence-corrected chi connectivity index (χ3v) is 3.68. The molecule has 17 heavy (non-hydrogen) atoms. The molecule has 1 heterocycles. The molecule has 0 bridgehead atoms. The fourth-order valence-electron chi connectivity index (χ4n) is 2.05. The molecule has 1 unspecified atom stereocenters. The summed E-state index contributed by atoms with van der Waals surface area (Å²) in [7, 11) is 0. The van der Waals surface area contributed by atoms with Crippen LogP contribution in [0.1, 0.15) is 47.7 Å². The maximum atomic E-state index is 12.1. The van der Waals surface area contributed by atoms with Crippen molar-refractivity contribution < 1.29 is 9.21 Å². The first-order valence-electron chi connectivity index (χ1n) is 5.79. The van der Waals surface area contributed by atoms with Crippen molar-refractivity contribution in [2.24, 2.45) is 0 Å². The highest BCUT2D eigenvalue weighted by Gasteiger charge is 2.35. The molecule has 0 fully saturated rings. The lowest BCUT2D eigenvalue weighted by Crippen LogP contribution is -2.31. The largest absolute Gasteiger partial charge is 0.464 e. The maximum absolute atomic E-state index is 12.1. The fraction of sp³-hybridized carbons (Fsp3) is 0.429. The van der Waals surface area contributed by atoms with Gasteiger partial charge in [0.15, 0.2) is 11.2 Å². The zero-order valence-electron chi connectivity index (χ0n) is 10.6. The Labute approximate surface area is 100 Å². The number of aryl methyl sites for hydroxylation is 1. The highest BCUT2D eigenvalue weighted by atomic mass is 16.3. The first-order valence-corrected chi connectivity index (χ1v) is 5.79. The van der Waals surface area contributed by atoms with E-state index in [9.17, 15) is 9.59 Å². The molecule has 0 saturated carbocycles. The number of rotatable bonds is 1. The van der Waals surface area contributed by atoms with Gasteiger partial charge in [0.25, 0.3) is 0 Å². The van der Waals surface area contributed by atoms with Crippen molar-refractivity contribution in [3.05, 3.63) is 45.0 Å². The molecule has 90 valence electrons. The first-order chi connectivity index (χ1) is 7.90. The second-order valence-corrected chi connectivity index (χ2v) is 4.79. The lowest BCUT2D eigenvalue weighted by molar-refractivity contribution is 0.103. The number of ketones is 1. The van der Waals surface area contributed by atoms with Crippen LogP contribution >= 0.6 is 0 Å². The molecule has 0 saturated heterocycles. The van der Waals surface area contributed by atoms with E-state index in [2.05, 4.69) is 0 Å². The molecule has 0 aliphatic heterocycles. The summed E-state index contributed by atoms with van der Waals surface area (Å²) < 4.78 is 5.72. The molecule has 0 aromatic carbocycles. The van der Waals surface area contributed by atoms with Gasteiger partial charge in [0.2, 0.25) is 0 Å². The molecule has 3 heteroatoms. The van der Waals surface area contributed by atoms with Gasteiger partial charge >= 0.3 is 0 Å². The van der Waals surface area contributed by atoms with E-state index in [0.717, 1.165) is 6.42 Å². The number of fused-ring (bicyclic) bond motifs is 1. The molecule has 3 nitrogen and oxygen atoms in total. The van der Waals surface area contributed by atoms with Crippen molar-refractivity contribution in [1.82, 2.24) is 0 Å². The highest BCUT2D eigenvalue weighted by Crippen LogP contribution is 2.35. The maximum Gasteiger partial charge on any atom is 0.199 e. The summed E-state index contributed by atoms with van der Waals surface area (Å²) in [6.07, 6.45) is 4.10. The Kier molecular flexibility index (Phi) is 2.57. The predicted molar refractivity (Wildman–Crippen MR) is 65.6 cm³/mol. The van der Waals surface area contributed by atoms with E-state index in [4.69, 9.17) is 4.42 Å². The van der Waals surface area contributed by atoms with E-state index in [1.807, 2.05) is 19.9 Å². The molecule has 1 aromatic heterocycles. The van der Waals surface area contributed by atoms with Crippen molar-refractivity contribution in [3.63, 3.8) is 0 Å². The molecule has 1 aromatic rings. The average molecular weight is 232 g/mol. The highest BCUT2D eigenvalue weighted by molar-refractivity contribution is 6.06. The van der Waals surface area contributed by atoms with Crippen LogP contribution in [0.3, 0.4) is 0 Å². The van der Waals surface area contributed by atoms with Gasteiger partial charge in [-0.1, -0.05) is 13.0 Å². The van der Waals surface area contributed by atoms with Gasteiger partial charge in [-0.3, -0.25) is 9.59 Å². The van der Waals surface area contributed by atoms with E-state index >= 15 is 0 Å². The second-order valence-electron chi connectivity index (χ2n) is 4.79. The van der Waals surface area contributed by atoms with Crippen LogP contribution < -0.4 is 5.43 Å². The Bertz CT molecular complexity index is 578. The summed E-state index contributed by atoms with van der Waals surface area (Å²) in [4.78, 5) is 24.0. The van der Waals surface area contributed by atoms with Crippen molar-refractivity contribution in [2.75, 3.05) is 0 Å². The van der Waals surface area contributed by atoms with Crippen molar-refractivity contribution in [1.29, 1.82) is 0 Å². The van der Waals surface area contributed by atoms with Gasteiger partial charge in [-0.25, -0.2) is 0 Å². The third-order valence-electron chi connectivity index (χ3n) is 3.68. The van der Waals surface area contributed by atoms with Crippen LogP contribution in [0.15, 0.2) is 21.4 Å². The Balaban J connectivity index is 2.86. The van der Waals surface area contributed by atoms with Crippen LogP contribution in [-0.4, -0.2) is 5.78 Å². The number of allylic oxidation sites excluding steroid dienone is 2. The van der Waals surface area contributed by atoms with Crippen LogP contribution in [0.25, 0.3) is 0 Å². The van der Waals surface area contributed by atoms with Gasteiger partial charge in [-0.2, -0.15) is 0 Å². The Morgan fingerprint density at radius 3 is 2.53 bits per heavy atom. The second kappa shape index (κ2) is 3.69. The van der Waals surface area contributed by atoms with Gasteiger partial charge < -0.3 is 4.42 Å². The topological polar surface area (TPSA) is 47.3 Å². The number of carbonyl (C=O) groups excluding carboxylic acids is 1. The van der Waals surface area contributed by atoms with Crippen molar-refractivity contribution in [2.45, 2.75) is 39.5 Å². The van der Waals surface area contributed by atoms with Gasteiger partial charge in [-0.05, 0) is 33.3 Å². The van der Waals surface area contributed by atoms with Crippen molar-refractivity contribution >= 4 is 5.78 Å². The van der Waals surface area contributed by atoms with Crippen molar-refractivity contribution in [3.8, 4) is 0 Å². The normalized spacial score (nSPS) is 22.7. The predicted octanol–water partition coefficient (Wildman–Crippen LogP) is 2.68. The SMILES string of the molecule is CCC1(C)C=CC(=O)c2c1oc(C)c(C)c2=O. The summed E-state index contributed by atoms with van der Waals surface area (Å²) in [6.45, 7) is 7.44. The molecular formula is C14H16O3. The molecule has 1 aliphatic rings. The molecule has 0 radical (unpaired) electrons. The molecule has 1 aliphatic carbocycles. The minimum Gasteiger partial charge on any atom is -0.464 e. The summed E-state index contributed by atoms with van der Waals surface area (Å²) in [5.41, 5.74) is 0.171. The standard InChI is InChI=1S/C14H16O3/c1-5-14(4)7-6-10(15)11-12(16)8(2)9(3)17-13(11)14/h6-7H,5H2,1-4H3. The Hall–Kier alpha value is -1.64. The Morgan fingerprint density at radius 1 is 1.29 bits per heavy atom. The molecule has 2 rings (SSSR count). The Morgan fingerprint density at radius 2 is 1.94 bits per heavy atom. The molecule has 1 atom stereocenters. The smallest absolute Gasteiger partial charge is 0.199 e. The quantitative estimate of drug-likeness (QED) is 0.747. The van der Waals surface area contributed by atoms with Crippen LogP contribution in [0.2, 0.25) is 0 Å². The first kappa shape index (κ1) is 11.8. The monoisotopic (exact) mass is 232 g/mol. The van der Waals surface area contributed by atoms with E-state index in [1.165, 1.54) is 6.08 Å². The number of hydrogen-bond donors (Lipinski definition) is 0. The molecule has 0 N–H and O–H groups in total. The lowest BCUT2D eigenvalue weighted by Gasteiger charge is -2.28. The number of hydrogen-bond acceptors (Lipinski definition) is 3. The average Bonchev–Trinajstić information content (AvgIpc) is 2.31. The van der Waals surface area contributed by atoms with E-state index in [-0.39, 0.29) is 22.2 Å². The van der Waals surface area contributed by atoms with E-state index in [1.54, 1.807) is 13.8 Å². The van der Waals surface area contributed by atoms with Gasteiger partial charge in [-0.15, -0.1) is 0 Å². The van der Waals surface area contributed by atoms with E-state index < -0.39 is 0 Å². The van der Waals surface area contributed by atoms with Gasteiger partial charge in [0.05, 0.1) is 0 Å². The lowest BCUT2D eigenvalue weighted by atomic mass is 9.77. The van der Waals surface area contributed by atoms with E-state index in [0.29, 0.717) is 17.1 Å². The van der Waals surface area contributed by atoms with Crippen LogP contribution in [0.5, 0.6) is 0 Å². The minimum atomic E-state index is -0.360. The molecule has 0 amide bonds. The summed E-state index contributed by atoms with van der Waals surface area (Å²) in [5.74, 6) is 0.861. The van der Waals surface area contributed by atoms with Crippen LogP contribution in [-0.2, 0) is 5.41 Å². The fourth-order valence-corrected chi connectivity index (χ4v) is 2.05. The zero-order valence-corrected chi connectivity index (χ0v) is 10.6. The summed E-state index contributed by atoms with van der Waals surface area (Å²) in [6, 6.07) is 0. The summed E-state index contributed by atoms with van der Waals surface area (Å²) in [5, 5.41) is 0.